The summed E-state index contributed by atoms with van der Waals surface area (Å²) in [6.45, 7) is 0.701. The minimum atomic E-state index is -3.78. The fraction of sp³-hybridized carbons (Fsp3) is 0.350. The molecule has 1 fully saturated rings. The Morgan fingerprint density at radius 3 is 2.31 bits per heavy atom. The zero-order valence-corrected chi connectivity index (χ0v) is 17.0. The Bertz CT molecular complexity index is 1000. The van der Waals surface area contributed by atoms with E-state index in [9.17, 15) is 17.6 Å². The minimum Gasteiger partial charge on any atom is -0.495 e. The second-order valence-electron chi connectivity index (χ2n) is 6.52. The molecule has 0 atom stereocenters. The molecule has 2 aromatic rings. The number of methoxy groups -OCH3 is 2. The Labute approximate surface area is 169 Å². The van der Waals surface area contributed by atoms with Crippen LogP contribution in [0.4, 0.5) is 4.39 Å². The zero-order valence-electron chi connectivity index (χ0n) is 16.2. The maximum atomic E-state index is 13.8. The third kappa shape index (κ3) is 4.51. The number of ether oxygens (including phenoxy) is 3. The monoisotopic (exact) mass is 423 g/mol. The summed E-state index contributed by atoms with van der Waals surface area (Å²) < 4.78 is 56.2. The molecule has 7 nitrogen and oxygen atoms in total. The summed E-state index contributed by atoms with van der Waals surface area (Å²) in [6.07, 6.45) is 1.59. The lowest BCUT2D eigenvalue weighted by molar-refractivity contribution is 0.0472. The molecule has 2 aromatic carbocycles. The molecule has 0 saturated carbocycles. The summed E-state index contributed by atoms with van der Waals surface area (Å²) in [6, 6.07) is 8.33. The Morgan fingerprint density at radius 1 is 1.03 bits per heavy atom. The largest absolute Gasteiger partial charge is 0.495 e. The third-order valence-electron chi connectivity index (χ3n) is 4.67. The van der Waals surface area contributed by atoms with Crippen molar-refractivity contribution in [1.82, 2.24) is 4.31 Å². The van der Waals surface area contributed by atoms with E-state index in [1.165, 1.54) is 48.9 Å². The molecular formula is C20H22FNO6S. The molecule has 156 valence electrons. The Hall–Kier alpha value is -2.65. The van der Waals surface area contributed by atoms with Crippen LogP contribution < -0.4 is 9.47 Å². The molecule has 1 aliphatic heterocycles. The normalized spacial score (nSPS) is 14.6. The Balaban J connectivity index is 1.80. The van der Waals surface area contributed by atoms with Crippen LogP contribution in [-0.2, 0) is 21.4 Å². The first-order chi connectivity index (χ1) is 13.9. The highest BCUT2D eigenvalue weighted by molar-refractivity contribution is 7.89. The van der Waals surface area contributed by atoms with E-state index in [0.29, 0.717) is 18.7 Å². The standard InChI is InChI=1S/C20H22FNO6S/c1-26-17-7-5-14(11-16(17)21)13-28-20(23)15-6-8-18(27-2)19(12-15)29(24,25)22-9-3-4-10-22/h5-8,11-12H,3-4,9-10,13H2,1-2H3. The van der Waals surface area contributed by atoms with Crippen LogP contribution in [0.25, 0.3) is 0 Å². The van der Waals surface area contributed by atoms with Gasteiger partial charge in [-0.3, -0.25) is 0 Å². The van der Waals surface area contributed by atoms with Gasteiger partial charge >= 0.3 is 5.97 Å². The number of sulfonamides is 1. The molecule has 1 aliphatic rings. The number of carbonyl (C=O) groups excluding carboxylic acids is 1. The van der Waals surface area contributed by atoms with Gasteiger partial charge in [0.1, 0.15) is 17.3 Å². The maximum absolute atomic E-state index is 13.8. The van der Waals surface area contributed by atoms with Gasteiger partial charge in [0.2, 0.25) is 10.0 Å². The van der Waals surface area contributed by atoms with Crippen molar-refractivity contribution in [2.45, 2.75) is 24.3 Å². The van der Waals surface area contributed by atoms with Gasteiger partial charge in [0.25, 0.3) is 0 Å². The second kappa shape index (κ2) is 8.79. The molecule has 0 bridgehead atoms. The smallest absolute Gasteiger partial charge is 0.338 e. The maximum Gasteiger partial charge on any atom is 0.338 e. The van der Waals surface area contributed by atoms with Crippen molar-refractivity contribution in [1.29, 1.82) is 0 Å². The first-order valence-electron chi connectivity index (χ1n) is 9.04. The van der Waals surface area contributed by atoms with Crippen LogP contribution in [0, 0.1) is 5.82 Å². The van der Waals surface area contributed by atoms with E-state index in [0.717, 1.165) is 12.8 Å². The van der Waals surface area contributed by atoms with Gasteiger partial charge in [-0.25, -0.2) is 17.6 Å². The van der Waals surface area contributed by atoms with E-state index in [4.69, 9.17) is 14.2 Å². The first kappa shape index (κ1) is 21.1. The average Bonchev–Trinajstić information content (AvgIpc) is 3.27. The summed E-state index contributed by atoms with van der Waals surface area (Å²) in [7, 11) is -1.05. The van der Waals surface area contributed by atoms with Gasteiger partial charge in [-0.15, -0.1) is 0 Å². The molecule has 0 unspecified atom stereocenters. The van der Waals surface area contributed by atoms with E-state index < -0.39 is 21.8 Å². The van der Waals surface area contributed by atoms with Crippen LogP contribution in [0.5, 0.6) is 11.5 Å². The van der Waals surface area contributed by atoms with Gasteiger partial charge in [-0.1, -0.05) is 6.07 Å². The molecule has 1 saturated heterocycles. The third-order valence-corrected chi connectivity index (χ3v) is 6.59. The summed E-state index contributed by atoms with van der Waals surface area (Å²) >= 11 is 0. The molecule has 0 aliphatic carbocycles. The van der Waals surface area contributed by atoms with Crippen molar-refractivity contribution in [3.63, 3.8) is 0 Å². The number of rotatable bonds is 7. The highest BCUT2D eigenvalue weighted by Gasteiger charge is 2.30. The van der Waals surface area contributed by atoms with Crippen molar-refractivity contribution in [3.05, 3.63) is 53.3 Å². The van der Waals surface area contributed by atoms with E-state index in [1.807, 2.05) is 0 Å². The number of hydrogen-bond acceptors (Lipinski definition) is 6. The fourth-order valence-corrected chi connectivity index (χ4v) is 4.80. The number of halogens is 1. The summed E-state index contributed by atoms with van der Waals surface area (Å²) in [5.41, 5.74) is 0.507. The van der Waals surface area contributed by atoms with Crippen LogP contribution in [0.3, 0.4) is 0 Å². The van der Waals surface area contributed by atoms with Gasteiger partial charge in [-0.05, 0) is 48.7 Å². The van der Waals surface area contributed by atoms with Gasteiger partial charge in [0, 0.05) is 13.1 Å². The summed E-state index contributed by atoms with van der Waals surface area (Å²) in [4.78, 5) is 12.4. The number of esters is 1. The number of hydrogen-bond donors (Lipinski definition) is 0. The second-order valence-corrected chi connectivity index (χ2v) is 8.43. The lowest BCUT2D eigenvalue weighted by Crippen LogP contribution is -2.28. The van der Waals surface area contributed by atoms with Crippen LogP contribution in [0.15, 0.2) is 41.3 Å². The number of carbonyl (C=O) groups is 1. The molecule has 1 heterocycles. The van der Waals surface area contributed by atoms with Crippen molar-refractivity contribution < 1.29 is 31.8 Å². The SMILES string of the molecule is COc1ccc(COC(=O)c2ccc(OC)c(S(=O)(=O)N3CCCC3)c2)cc1F. The summed E-state index contributed by atoms with van der Waals surface area (Å²) in [5.74, 6) is -1.04. The van der Waals surface area contributed by atoms with Gasteiger partial charge < -0.3 is 14.2 Å². The molecule has 0 amide bonds. The van der Waals surface area contributed by atoms with Gasteiger partial charge in [0.15, 0.2) is 11.6 Å². The van der Waals surface area contributed by atoms with E-state index >= 15 is 0 Å². The minimum absolute atomic E-state index is 0.0672. The Morgan fingerprint density at radius 2 is 1.69 bits per heavy atom. The van der Waals surface area contributed by atoms with Gasteiger partial charge in [-0.2, -0.15) is 4.31 Å². The van der Waals surface area contributed by atoms with Crippen molar-refractivity contribution in [2.75, 3.05) is 27.3 Å². The molecular weight excluding hydrogens is 401 g/mol. The molecule has 29 heavy (non-hydrogen) atoms. The van der Waals surface area contributed by atoms with Crippen molar-refractivity contribution in [3.8, 4) is 11.5 Å². The lowest BCUT2D eigenvalue weighted by Gasteiger charge is -2.18. The van der Waals surface area contributed by atoms with Gasteiger partial charge in [0.05, 0.1) is 19.8 Å². The highest BCUT2D eigenvalue weighted by atomic mass is 32.2. The molecule has 0 radical (unpaired) electrons. The number of benzene rings is 2. The predicted molar refractivity (Wildman–Crippen MR) is 103 cm³/mol. The molecule has 0 N–H and O–H groups in total. The van der Waals surface area contributed by atoms with Crippen LogP contribution >= 0.6 is 0 Å². The Kier molecular flexibility index (Phi) is 6.39. The molecule has 3 rings (SSSR count). The first-order valence-corrected chi connectivity index (χ1v) is 10.5. The van der Waals surface area contributed by atoms with E-state index in [1.54, 1.807) is 6.07 Å². The average molecular weight is 423 g/mol. The topological polar surface area (TPSA) is 82.1 Å². The van der Waals surface area contributed by atoms with Crippen molar-refractivity contribution in [2.24, 2.45) is 0 Å². The van der Waals surface area contributed by atoms with Crippen molar-refractivity contribution >= 4 is 16.0 Å². The lowest BCUT2D eigenvalue weighted by atomic mass is 10.2. The van der Waals surface area contributed by atoms with Crippen LogP contribution in [0.1, 0.15) is 28.8 Å². The van der Waals surface area contributed by atoms with Crippen LogP contribution in [0.2, 0.25) is 0 Å². The molecule has 0 aromatic heterocycles. The highest BCUT2D eigenvalue weighted by Crippen LogP contribution is 2.30. The van der Waals surface area contributed by atoms with Crippen LogP contribution in [-0.4, -0.2) is 46.0 Å². The quantitative estimate of drug-likeness (QED) is 0.637. The van der Waals surface area contributed by atoms with E-state index in [2.05, 4.69) is 0 Å². The predicted octanol–water partition coefficient (Wildman–Crippen LogP) is 2.98. The molecule has 0 spiro atoms. The molecule has 9 heteroatoms. The number of nitrogens with zero attached hydrogens (tertiary/aromatic N) is 1. The zero-order chi connectivity index (χ0) is 21.0. The summed E-state index contributed by atoms with van der Waals surface area (Å²) in [5, 5.41) is 0. The fourth-order valence-electron chi connectivity index (χ4n) is 3.10. The van der Waals surface area contributed by atoms with E-state index in [-0.39, 0.29) is 28.6 Å².